The van der Waals surface area contributed by atoms with Crippen LogP contribution in [0, 0.1) is 5.21 Å². The van der Waals surface area contributed by atoms with Gasteiger partial charge in [0.2, 0.25) is 6.20 Å². The molecule has 0 atom stereocenters. The second-order valence-electron chi connectivity index (χ2n) is 5.09. The zero-order chi connectivity index (χ0) is 15.2. The number of carbonyl (C=O) groups is 1. The maximum absolute atomic E-state index is 11.9. The zero-order valence-electron chi connectivity index (χ0n) is 11.9. The van der Waals surface area contributed by atoms with Crippen molar-refractivity contribution in [3.8, 4) is 0 Å². The molecule has 1 aromatic heterocycles. The molecule has 0 bridgehead atoms. The van der Waals surface area contributed by atoms with Crippen LogP contribution in [0.5, 0.6) is 0 Å². The Kier molecular flexibility index (Phi) is 5.26. The van der Waals surface area contributed by atoms with E-state index in [0.717, 1.165) is 19.0 Å². The lowest BCUT2D eigenvalue weighted by Gasteiger charge is -2.28. The monoisotopic (exact) mass is 309 g/mol. The van der Waals surface area contributed by atoms with Gasteiger partial charge in [-0.3, -0.25) is 15.2 Å². The van der Waals surface area contributed by atoms with Crippen molar-refractivity contribution in [2.45, 2.75) is 38.1 Å². The molecule has 0 aliphatic heterocycles. The van der Waals surface area contributed by atoms with E-state index < -0.39 is 5.91 Å². The molecule has 1 saturated carbocycles. The minimum atomic E-state index is -0.476. The van der Waals surface area contributed by atoms with E-state index in [4.69, 9.17) is 12.2 Å². The van der Waals surface area contributed by atoms with E-state index in [2.05, 4.69) is 15.7 Å². The van der Waals surface area contributed by atoms with Gasteiger partial charge >= 0.3 is 0 Å². The maximum atomic E-state index is 11.9. The Hall–Kier alpha value is -1.96. The van der Waals surface area contributed by atoms with Gasteiger partial charge in [-0.2, -0.15) is 4.73 Å². The number of carbonyl (C=O) groups excluding carboxylic acids is 1. The fourth-order valence-corrected chi connectivity index (χ4v) is 2.48. The molecule has 1 aliphatic carbocycles. The van der Waals surface area contributed by atoms with Crippen molar-refractivity contribution < 1.29 is 9.52 Å². The highest BCUT2D eigenvalue weighted by Crippen LogP contribution is 2.17. The third kappa shape index (κ3) is 4.52. The Bertz CT molecular complexity index is 519. The van der Waals surface area contributed by atoms with Crippen molar-refractivity contribution in [3.63, 3.8) is 0 Å². The van der Waals surface area contributed by atoms with Gasteiger partial charge in [0.25, 0.3) is 5.91 Å². The van der Waals surface area contributed by atoms with Crippen molar-refractivity contribution in [1.29, 1.82) is 0 Å². The second-order valence-corrected chi connectivity index (χ2v) is 5.47. The standard InChI is InChI=1S/C13H19N5O2S/c1-17(13(21)15-10-5-3-2-4-6-10)16-12(19)11-9-18(20)8-7-14-11/h7-10H,2-6H2,1H3,(H,15,21)(H,16,19). The number of aromatic nitrogens is 2. The largest absolute Gasteiger partial charge is 0.619 e. The number of rotatable bonds is 2. The lowest BCUT2D eigenvalue weighted by atomic mass is 9.96. The van der Waals surface area contributed by atoms with Gasteiger partial charge in [0.1, 0.15) is 0 Å². The van der Waals surface area contributed by atoms with E-state index in [1.165, 1.54) is 36.7 Å². The molecule has 1 fully saturated rings. The molecule has 21 heavy (non-hydrogen) atoms. The summed E-state index contributed by atoms with van der Waals surface area (Å²) >= 11 is 5.26. The fraction of sp³-hybridized carbons (Fsp3) is 0.538. The van der Waals surface area contributed by atoms with E-state index >= 15 is 0 Å². The number of nitrogens with zero attached hydrogens (tertiary/aromatic N) is 3. The number of amides is 1. The van der Waals surface area contributed by atoms with Gasteiger partial charge in [0, 0.05) is 13.1 Å². The zero-order valence-corrected chi connectivity index (χ0v) is 12.7. The van der Waals surface area contributed by atoms with Crippen LogP contribution >= 0.6 is 12.2 Å². The second kappa shape index (κ2) is 7.16. The molecule has 2 N–H and O–H groups in total. The maximum Gasteiger partial charge on any atom is 0.294 e. The Morgan fingerprint density at radius 3 is 2.86 bits per heavy atom. The third-order valence-corrected chi connectivity index (χ3v) is 3.81. The SMILES string of the molecule is CN(NC(=O)c1c[n+]([O-])ccn1)C(=S)NC1CCCCC1. The fourth-order valence-electron chi connectivity index (χ4n) is 2.27. The van der Waals surface area contributed by atoms with Crippen LogP contribution in [0.2, 0.25) is 0 Å². The normalized spacial score (nSPS) is 15.3. The van der Waals surface area contributed by atoms with Crippen LogP contribution in [-0.2, 0) is 0 Å². The lowest BCUT2D eigenvalue weighted by Crippen LogP contribution is -2.51. The van der Waals surface area contributed by atoms with Gasteiger partial charge in [0.05, 0.1) is 6.20 Å². The first-order valence-electron chi connectivity index (χ1n) is 6.96. The van der Waals surface area contributed by atoms with Crippen LogP contribution in [0.4, 0.5) is 0 Å². The van der Waals surface area contributed by atoms with E-state index in [1.54, 1.807) is 7.05 Å². The Labute approximate surface area is 128 Å². The van der Waals surface area contributed by atoms with Crippen molar-refractivity contribution >= 4 is 23.2 Å². The smallest absolute Gasteiger partial charge is 0.294 e. The molecule has 0 unspecified atom stereocenters. The molecule has 0 aromatic carbocycles. The van der Waals surface area contributed by atoms with Crippen LogP contribution in [0.15, 0.2) is 18.6 Å². The van der Waals surface area contributed by atoms with Crippen LogP contribution < -0.4 is 15.5 Å². The summed E-state index contributed by atoms with van der Waals surface area (Å²) in [7, 11) is 1.66. The highest BCUT2D eigenvalue weighted by Gasteiger charge is 2.18. The number of nitrogens with one attached hydrogen (secondary N) is 2. The molecule has 1 amide bonds. The van der Waals surface area contributed by atoms with Gasteiger partial charge in [-0.15, -0.1) is 0 Å². The van der Waals surface area contributed by atoms with Crippen molar-refractivity contribution in [2.24, 2.45) is 0 Å². The van der Waals surface area contributed by atoms with Gasteiger partial charge in [-0.1, -0.05) is 19.3 Å². The summed E-state index contributed by atoms with van der Waals surface area (Å²) in [4.78, 5) is 15.8. The summed E-state index contributed by atoms with van der Waals surface area (Å²) in [5, 5.41) is 16.3. The molecule has 1 aliphatic rings. The topological polar surface area (TPSA) is 84.2 Å². The first kappa shape index (κ1) is 15.4. The van der Waals surface area contributed by atoms with Crippen LogP contribution in [-0.4, -0.2) is 34.1 Å². The summed E-state index contributed by atoms with van der Waals surface area (Å²) in [5.74, 6) is -0.476. The van der Waals surface area contributed by atoms with Crippen molar-refractivity contribution in [3.05, 3.63) is 29.5 Å². The predicted octanol–water partition coefficient (Wildman–Crippen LogP) is 0.499. The van der Waals surface area contributed by atoms with Crippen LogP contribution in [0.1, 0.15) is 42.6 Å². The van der Waals surface area contributed by atoms with E-state index in [1.807, 2.05) is 0 Å². The minimum absolute atomic E-state index is 0.0415. The number of thiocarbonyl (C=S) groups is 1. The van der Waals surface area contributed by atoms with Gasteiger partial charge in [-0.05, 0) is 25.1 Å². The molecule has 114 valence electrons. The molecule has 1 aromatic rings. The molecule has 2 rings (SSSR count). The summed E-state index contributed by atoms with van der Waals surface area (Å²) in [6.45, 7) is 0. The average Bonchev–Trinajstić information content (AvgIpc) is 2.48. The molecule has 0 spiro atoms. The minimum Gasteiger partial charge on any atom is -0.619 e. The highest BCUT2D eigenvalue weighted by atomic mass is 32.1. The molecule has 8 heteroatoms. The summed E-state index contributed by atoms with van der Waals surface area (Å²) in [6, 6.07) is 0.365. The molecular formula is C13H19N5O2S. The number of hydrogen-bond donors (Lipinski definition) is 2. The molecule has 0 saturated heterocycles. The quantitative estimate of drug-likeness (QED) is 0.358. The predicted molar refractivity (Wildman–Crippen MR) is 81.0 cm³/mol. The number of hydrazine groups is 1. The van der Waals surface area contributed by atoms with Crippen molar-refractivity contribution in [2.75, 3.05) is 7.05 Å². The number of hydrogen-bond acceptors (Lipinski definition) is 4. The van der Waals surface area contributed by atoms with E-state index in [-0.39, 0.29) is 5.69 Å². The Morgan fingerprint density at radius 2 is 2.19 bits per heavy atom. The van der Waals surface area contributed by atoms with Gasteiger partial charge in [0.15, 0.2) is 17.0 Å². The van der Waals surface area contributed by atoms with Crippen LogP contribution in [0.25, 0.3) is 0 Å². The van der Waals surface area contributed by atoms with E-state index in [0.29, 0.717) is 15.9 Å². The van der Waals surface area contributed by atoms with Gasteiger partial charge in [-0.25, -0.2) is 4.98 Å². The Balaban J connectivity index is 1.86. The van der Waals surface area contributed by atoms with Gasteiger partial charge < -0.3 is 10.5 Å². The van der Waals surface area contributed by atoms with Crippen molar-refractivity contribution in [1.82, 2.24) is 20.7 Å². The third-order valence-electron chi connectivity index (χ3n) is 3.42. The summed E-state index contributed by atoms with van der Waals surface area (Å²) < 4.78 is 0.528. The summed E-state index contributed by atoms with van der Waals surface area (Å²) in [6.07, 6.45) is 9.47. The highest BCUT2D eigenvalue weighted by molar-refractivity contribution is 7.80. The first-order chi connectivity index (χ1) is 10.1. The molecule has 0 radical (unpaired) electrons. The van der Waals surface area contributed by atoms with Crippen LogP contribution in [0.3, 0.4) is 0 Å². The summed E-state index contributed by atoms with van der Waals surface area (Å²) in [5.41, 5.74) is 2.63. The Morgan fingerprint density at radius 1 is 1.48 bits per heavy atom. The average molecular weight is 309 g/mol. The first-order valence-corrected chi connectivity index (χ1v) is 7.37. The van der Waals surface area contributed by atoms with E-state index in [9.17, 15) is 10.0 Å². The molecular weight excluding hydrogens is 290 g/mol. The lowest BCUT2D eigenvalue weighted by molar-refractivity contribution is -0.606. The molecule has 1 heterocycles. The molecule has 7 nitrogen and oxygen atoms in total.